The highest BCUT2D eigenvalue weighted by atomic mass is 19.3. The maximum absolute atomic E-state index is 13.6. The number of imidazole rings is 1. The Labute approximate surface area is 236 Å². The average Bonchev–Trinajstić information content (AvgIpc) is 3.41. The molecule has 7 heteroatoms. The van der Waals surface area contributed by atoms with Gasteiger partial charge in [0.25, 0.3) is 0 Å². The number of amides is 1. The largest absolute Gasteiger partial charge is 0.355 e. The van der Waals surface area contributed by atoms with E-state index in [1.54, 1.807) is 0 Å². The molecule has 3 aromatic rings. The van der Waals surface area contributed by atoms with Gasteiger partial charge in [-0.3, -0.25) is 9.69 Å². The van der Waals surface area contributed by atoms with Gasteiger partial charge in [-0.2, -0.15) is 0 Å². The van der Waals surface area contributed by atoms with Crippen molar-refractivity contribution in [3.05, 3.63) is 66.0 Å². The number of halogens is 2. The van der Waals surface area contributed by atoms with Crippen LogP contribution >= 0.6 is 0 Å². The number of hydrogen-bond donors (Lipinski definition) is 1. The van der Waals surface area contributed by atoms with Crippen LogP contribution in [0.2, 0.25) is 0 Å². The van der Waals surface area contributed by atoms with Crippen molar-refractivity contribution in [2.45, 2.75) is 101 Å². The average molecular weight is 549 g/mol. The number of carbonyl (C=O) groups is 1. The summed E-state index contributed by atoms with van der Waals surface area (Å²) in [5.74, 6) is -1.89. The van der Waals surface area contributed by atoms with Crippen LogP contribution in [0.15, 0.2) is 54.6 Å². The SMILES string of the molecule is Cc1nc2ccccc2n1C1C[C@H]2CC[C@@H](C1)N2CCC(C)(CNC(=O)C1CCC(F)(F)CC1)c1ccccc1. The first-order valence-corrected chi connectivity index (χ1v) is 15.1. The van der Waals surface area contributed by atoms with Gasteiger partial charge in [0, 0.05) is 48.8 Å². The fourth-order valence-electron chi connectivity index (χ4n) is 7.73. The lowest BCUT2D eigenvalue weighted by Crippen LogP contribution is -2.47. The Balaban J connectivity index is 1.13. The Bertz CT molecular complexity index is 1320. The molecular formula is C33H42F2N4O. The Kier molecular flexibility index (Phi) is 7.45. The van der Waals surface area contributed by atoms with Crippen LogP contribution < -0.4 is 5.32 Å². The van der Waals surface area contributed by atoms with E-state index in [0.717, 1.165) is 37.1 Å². The summed E-state index contributed by atoms with van der Waals surface area (Å²) < 4.78 is 29.7. The zero-order chi connectivity index (χ0) is 27.9. The molecule has 2 aromatic carbocycles. The molecule has 0 spiro atoms. The van der Waals surface area contributed by atoms with E-state index < -0.39 is 5.92 Å². The van der Waals surface area contributed by atoms with Crippen molar-refractivity contribution < 1.29 is 13.6 Å². The molecule has 3 aliphatic rings. The van der Waals surface area contributed by atoms with Crippen molar-refractivity contribution in [3.8, 4) is 0 Å². The van der Waals surface area contributed by atoms with E-state index in [9.17, 15) is 13.6 Å². The Morgan fingerprint density at radius 2 is 1.62 bits per heavy atom. The second kappa shape index (κ2) is 10.9. The van der Waals surface area contributed by atoms with Gasteiger partial charge in [-0.15, -0.1) is 0 Å². The number of carbonyl (C=O) groups excluding carboxylic acids is 1. The van der Waals surface area contributed by atoms with E-state index in [-0.39, 0.29) is 42.9 Å². The van der Waals surface area contributed by atoms with Crippen LogP contribution in [0.3, 0.4) is 0 Å². The highest BCUT2D eigenvalue weighted by molar-refractivity contribution is 5.79. The number of benzene rings is 2. The molecule has 40 heavy (non-hydrogen) atoms. The highest BCUT2D eigenvalue weighted by Crippen LogP contribution is 2.43. The first kappa shape index (κ1) is 27.4. The molecule has 6 rings (SSSR count). The molecule has 2 bridgehead atoms. The number of piperidine rings is 1. The molecular weight excluding hydrogens is 506 g/mol. The molecule has 2 unspecified atom stereocenters. The molecule has 5 nitrogen and oxygen atoms in total. The van der Waals surface area contributed by atoms with E-state index in [1.807, 2.05) is 6.07 Å². The summed E-state index contributed by atoms with van der Waals surface area (Å²) in [6.45, 7) is 5.89. The summed E-state index contributed by atoms with van der Waals surface area (Å²) in [6, 6.07) is 20.5. The molecule has 1 amide bonds. The second-order valence-corrected chi connectivity index (χ2v) is 12.8. The minimum atomic E-state index is -2.62. The summed E-state index contributed by atoms with van der Waals surface area (Å²) >= 11 is 0. The van der Waals surface area contributed by atoms with Gasteiger partial charge in [0.1, 0.15) is 5.82 Å². The smallest absolute Gasteiger partial charge is 0.248 e. The lowest BCUT2D eigenvalue weighted by Gasteiger charge is -2.42. The van der Waals surface area contributed by atoms with Crippen LogP contribution in [0.25, 0.3) is 11.0 Å². The van der Waals surface area contributed by atoms with E-state index in [1.165, 1.54) is 23.9 Å². The first-order valence-electron chi connectivity index (χ1n) is 15.1. The predicted molar refractivity (Wildman–Crippen MR) is 155 cm³/mol. The van der Waals surface area contributed by atoms with Gasteiger partial charge in [0.15, 0.2) is 0 Å². The minimum absolute atomic E-state index is 0.0681. The third kappa shape index (κ3) is 5.41. The molecule has 2 saturated heterocycles. The zero-order valence-electron chi connectivity index (χ0n) is 23.8. The van der Waals surface area contributed by atoms with Crippen LogP contribution in [0.4, 0.5) is 8.78 Å². The van der Waals surface area contributed by atoms with Crippen molar-refractivity contribution in [2.24, 2.45) is 5.92 Å². The molecule has 1 aliphatic carbocycles. The number of fused-ring (bicyclic) bond motifs is 3. The van der Waals surface area contributed by atoms with Crippen molar-refractivity contribution in [1.82, 2.24) is 19.8 Å². The molecule has 4 atom stereocenters. The van der Waals surface area contributed by atoms with Crippen LogP contribution in [0.1, 0.15) is 82.1 Å². The number of aromatic nitrogens is 2. The number of nitrogens with zero attached hydrogens (tertiary/aromatic N) is 3. The normalized spacial score (nSPS) is 26.6. The van der Waals surface area contributed by atoms with Gasteiger partial charge in [-0.1, -0.05) is 49.4 Å². The number of para-hydroxylation sites is 2. The van der Waals surface area contributed by atoms with E-state index in [0.29, 0.717) is 24.7 Å². The standard InChI is InChI=1S/C33H42F2N4O/c1-23-37-29-10-6-7-11-30(29)39(23)28-20-26-12-13-27(21-28)38(26)19-18-32(2,25-8-4-3-5-9-25)22-36-31(40)24-14-16-33(34,35)17-15-24/h3-11,24,26-28H,12-22H2,1-2H3,(H,36,40)/t26-,27+,28?,32?. The molecule has 3 heterocycles. The van der Waals surface area contributed by atoms with Gasteiger partial charge in [-0.25, -0.2) is 13.8 Å². The summed E-state index contributed by atoms with van der Waals surface area (Å²) in [6.07, 6.45) is 5.85. The predicted octanol–water partition coefficient (Wildman–Crippen LogP) is 6.80. The van der Waals surface area contributed by atoms with Crippen LogP contribution in [0.5, 0.6) is 0 Å². The third-order valence-corrected chi connectivity index (χ3v) is 10.1. The molecule has 1 saturated carbocycles. The number of hydrogen-bond acceptors (Lipinski definition) is 3. The van der Waals surface area contributed by atoms with Gasteiger partial charge in [-0.05, 0) is 76.1 Å². The van der Waals surface area contributed by atoms with Crippen molar-refractivity contribution >= 4 is 16.9 Å². The highest BCUT2D eigenvalue weighted by Gasteiger charge is 2.43. The maximum Gasteiger partial charge on any atom is 0.248 e. The maximum atomic E-state index is 13.6. The number of rotatable bonds is 8. The molecule has 2 aliphatic heterocycles. The quantitative estimate of drug-likeness (QED) is 0.337. The van der Waals surface area contributed by atoms with Gasteiger partial charge >= 0.3 is 0 Å². The number of alkyl halides is 2. The van der Waals surface area contributed by atoms with Gasteiger partial charge in [0.2, 0.25) is 11.8 Å². The molecule has 3 fully saturated rings. The summed E-state index contributed by atoms with van der Waals surface area (Å²) in [4.78, 5) is 20.6. The van der Waals surface area contributed by atoms with Crippen molar-refractivity contribution in [1.29, 1.82) is 0 Å². The topological polar surface area (TPSA) is 50.2 Å². The monoisotopic (exact) mass is 548 g/mol. The van der Waals surface area contributed by atoms with E-state index >= 15 is 0 Å². The van der Waals surface area contributed by atoms with E-state index in [4.69, 9.17) is 4.98 Å². The van der Waals surface area contributed by atoms with Crippen molar-refractivity contribution in [2.75, 3.05) is 13.1 Å². The van der Waals surface area contributed by atoms with Crippen LogP contribution in [0, 0.1) is 12.8 Å². The minimum Gasteiger partial charge on any atom is -0.355 e. The van der Waals surface area contributed by atoms with Crippen LogP contribution in [-0.4, -0.2) is 51.5 Å². The second-order valence-electron chi connectivity index (χ2n) is 12.8. The van der Waals surface area contributed by atoms with E-state index in [2.05, 4.69) is 77.2 Å². The molecule has 1 aromatic heterocycles. The summed E-state index contributed by atoms with van der Waals surface area (Å²) in [5, 5.41) is 3.18. The van der Waals surface area contributed by atoms with Gasteiger partial charge < -0.3 is 9.88 Å². The Morgan fingerprint density at radius 1 is 0.975 bits per heavy atom. The lowest BCUT2D eigenvalue weighted by atomic mass is 9.78. The fourth-order valence-corrected chi connectivity index (χ4v) is 7.73. The van der Waals surface area contributed by atoms with Crippen LogP contribution in [-0.2, 0) is 10.2 Å². The van der Waals surface area contributed by atoms with Crippen molar-refractivity contribution in [3.63, 3.8) is 0 Å². The fraction of sp³-hybridized carbons (Fsp3) is 0.576. The van der Waals surface area contributed by atoms with Gasteiger partial charge in [0.05, 0.1) is 11.0 Å². The molecule has 0 radical (unpaired) electrons. The molecule has 214 valence electrons. The third-order valence-electron chi connectivity index (χ3n) is 10.1. The number of aryl methyl sites for hydroxylation is 1. The summed E-state index contributed by atoms with van der Waals surface area (Å²) in [7, 11) is 0. The summed E-state index contributed by atoms with van der Waals surface area (Å²) in [5.41, 5.74) is 3.31. The molecule has 1 N–H and O–H groups in total. The Hall–Kier alpha value is -2.80. The zero-order valence-corrected chi connectivity index (χ0v) is 23.8. The lowest BCUT2D eigenvalue weighted by molar-refractivity contribution is -0.129. The number of nitrogens with one attached hydrogen (secondary N) is 1. The first-order chi connectivity index (χ1) is 19.2. The Morgan fingerprint density at radius 3 is 2.33 bits per heavy atom.